The lowest BCUT2D eigenvalue weighted by atomic mass is 9.61. The van der Waals surface area contributed by atoms with Gasteiger partial charge in [-0.15, -0.1) is 0 Å². The average molecular weight is 237 g/mol. The van der Waals surface area contributed by atoms with Crippen LogP contribution in [0.1, 0.15) is 66.7 Å². The van der Waals surface area contributed by atoms with Crippen LogP contribution in [-0.2, 0) is 0 Å². The molecule has 1 aliphatic carbocycles. The summed E-state index contributed by atoms with van der Waals surface area (Å²) < 4.78 is 0. The summed E-state index contributed by atoms with van der Waals surface area (Å²) in [7, 11) is 0. The zero-order valence-corrected chi connectivity index (χ0v) is 12.0. The summed E-state index contributed by atoms with van der Waals surface area (Å²) in [5.41, 5.74) is -1.06. The lowest BCUT2D eigenvalue weighted by Gasteiger charge is -2.46. The van der Waals surface area contributed by atoms with Gasteiger partial charge in [0.05, 0.1) is 17.1 Å². The molecule has 1 aliphatic rings. The summed E-state index contributed by atoms with van der Waals surface area (Å²) in [5.74, 6) is 0.683. The van der Waals surface area contributed by atoms with Crippen LogP contribution in [0, 0.1) is 28.1 Å². The van der Waals surface area contributed by atoms with Gasteiger partial charge in [0.2, 0.25) is 0 Å². The zero-order chi connectivity index (χ0) is 13.3. The van der Waals surface area contributed by atoms with Crippen LogP contribution in [0.4, 0.5) is 0 Å². The van der Waals surface area contributed by atoms with Crippen LogP contribution in [0.25, 0.3) is 0 Å². The highest BCUT2D eigenvalue weighted by molar-refractivity contribution is 5.08. The highest BCUT2D eigenvalue weighted by Crippen LogP contribution is 2.48. The Bertz CT molecular complexity index is 303. The predicted molar refractivity (Wildman–Crippen MR) is 70.4 cm³/mol. The molecule has 1 saturated carbocycles. The fraction of sp³-hybridized carbons (Fsp3) is 0.933. The molecule has 0 heterocycles. The molecule has 1 N–H and O–H groups in total. The third kappa shape index (κ3) is 2.65. The second kappa shape index (κ2) is 4.61. The Labute approximate surface area is 106 Å². The first-order chi connectivity index (χ1) is 7.68. The normalized spacial score (nSPS) is 31.0. The van der Waals surface area contributed by atoms with Crippen molar-refractivity contribution in [3.05, 3.63) is 0 Å². The van der Waals surface area contributed by atoms with Gasteiger partial charge in [-0.3, -0.25) is 0 Å². The molecule has 0 amide bonds. The molecule has 0 spiro atoms. The van der Waals surface area contributed by atoms with E-state index in [1.165, 1.54) is 6.42 Å². The standard InChI is InChI=1S/C15H27NO/c1-6-13(2,3)12-7-9-15(17,10-8-12)14(4,5)11-16/h12,17H,6-10H2,1-5H3. The Hall–Kier alpha value is -0.550. The first-order valence-corrected chi connectivity index (χ1v) is 6.82. The van der Waals surface area contributed by atoms with Crippen LogP contribution in [0.15, 0.2) is 0 Å². The maximum Gasteiger partial charge on any atom is 0.0828 e. The molecule has 0 aromatic carbocycles. The van der Waals surface area contributed by atoms with Gasteiger partial charge >= 0.3 is 0 Å². The highest BCUT2D eigenvalue weighted by Gasteiger charge is 2.47. The summed E-state index contributed by atoms with van der Waals surface area (Å²) in [5, 5.41) is 19.8. The van der Waals surface area contributed by atoms with Crippen molar-refractivity contribution < 1.29 is 5.11 Å². The largest absolute Gasteiger partial charge is 0.388 e. The molecule has 98 valence electrons. The Morgan fingerprint density at radius 1 is 1.24 bits per heavy atom. The van der Waals surface area contributed by atoms with Crippen LogP contribution in [0.5, 0.6) is 0 Å². The first kappa shape index (κ1) is 14.5. The zero-order valence-electron chi connectivity index (χ0n) is 12.0. The van der Waals surface area contributed by atoms with Gasteiger partial charge in [0.1, 0.15) is 0 Å². The van der Waals surface area contributed by atoms with Crippen molar-refractivity contribution in [2.45, 2.75) is 72.3 Å². The van der Waals surface area contributed by atoms with E-state index < -0.39 is 11.0 Å². The number of hydrogen-bond donors (Lipinski definition) is 1. The first-order valence-electron chi connectivity index (χ1n) is 6.82. The molecule has 0 aliphatic heterocycles. The summed E-state index contributed by atoms with van der Waals surface area (Å²) in [4.78, 5) is 0. The van der Waals surface area contributed by atoms with Crippen molar-refractivity contribution in [2.24, 2.45) is 16.7 Å². The van der Waals surface area contributed by atoms with Crippen molar-refractivity contribution in [1.29, 1.82) is 5.26 Å². The molecule has 0 saturated heterocycles. The molecule has 0 bridgehead atoms. The van der Waals surface area contributed by atoms with E-state index in [0.29, 0.717) is 11.3 Å². The summed E-state index contributed by atoms with van der Waals surface area (Å²) in [6.45, 7) is 10.6. The van der Waals surface area contributed by atoms with Crippen molar-refractivity contribution in [2.75, 3.05) is 0 Å². The second-order valence-corrected chi connectivity index (χ2v) is 6.88. The van der Waals surface area contributed by atoms with E-state index in [0.717, 1.165) is 25.7 Å². The molecular weight excluding hydrogens is 210 g/mol. The SMILES string of the molecule is CCC(C)(C)C1CCC(O)(C(C)(C)C#N)CC1. The molecule has 2 nitrogen and oxygen atoms in total. The van der Waals surface area contributed by atoms with Gasteiger partial charge in [-0.25, -0.2) is 0 Å². The second-order valence-electron chi connectivity index (χ2n) is 6.88. The molecule has 0 aromatic heterocycles. The van der Waals surface area contributed by atoms with Gasteiger partial charge in [0.25, 0.3) is 0 Å². The highest BCUT2D eigenvalue weighted by atomic mass is 16.3. The fourth-order valence-electron chi connectivity index (χ4n) is 2.89. The molecule has 0 atom stereocenters. The summed E-state index contributed by atoms with van der Waals surface area (Å²) in [6.07, 6.45) is 4.80. The molecule has 17 heavy (non-hydrogen) atoms. The van der Waals surface area contributed by atoms with Gasteiger partial charge < -0.3 is 5.11 Å². The Balaban J connectivity index is 2.72. The lowest BCUT2D eigenvalue weighted by Crippen LogP contribution is -2.48. The van der Waals surface area contributed by atoms with Crippen LogP contribution in [-0.4, -0.2) is 10.7 Å². The Morgan fingerprint density at radius 2 is 1.71 bits per heavy atom. The lowest BCUT2D eigenvalue weighted by molar-refractivity contribution is -0.0875. The minimum Gasteiger partial charge on any atom is -0.388 e. The van der Waals surface area contributed by atoms with Crippen molar-refractivity contribution in [3.8, 4) is 6.07 Å². The molecule has 1 rings (SSSR count). The van der Waals surface area contributed by atoms with Gasteiger partial charge in [-0.1, -0.05) is 27.2 Å². The number of rotatable bonds is 3. The van der Waals surface area contributed by atoms with Crippen LogP contribution in [0.3, 0.4) is 0 Å². The van der Waals surface area contributed by atoms with E-state index in [-0.39, 0.29) is 0 Å². The van der Waals surface area contributed by atoms with E-state index >= 15 is 0 Å². The molecule has 0 aromatic rings. The van der Waals surface area contributed by atoms with Crippen LogP contribution in [0.2, 0.25) is 0 Å². The van der Waals surface area contributed by atoms with Gasteiger partial charge in [0, 0.05) is 0 Å². The third-order valence-corrected chi connectivity index (χ3v) is 5.27. The van der Waals surface area contributed by atoms with Crippen molar-refractivity contribution in [3.63, 3.8) is 0 Å². The number of aliphatic hydroxyl groups is 1. The fourth-order valence-corrected chi connectivity index (χ4v) is 2.89. The van der Waals surface area contributed by atoms with Crippen LogP contribution < -0.4 is 0 Å². The van der Waals surface area contributed by atoms with E-state index in [2.05, 4.69) is 26.8 Å². The number of hydrogen-bond acceptors (Lipinski definition) is 2. The molecule has 0 unspecified atom stereocenters. The predicted octanol–water partition coefficient (Wildman–Crippen LogP) is 3.89. The Kier molecular flexibility index (Phi) is 3.94. The van der Waals surface area contributed by atoms with Gasteiger partial charge in [-0.05, 0) is 50.9 Å². The minimum atomic E-state index is -0.790. The molecule has 1 fully saturated rings. The quantitative estimate of drug-likeness (QED) is 0.809. The topological polar surface area (TPSA) is 44.0 Å². The monoisotopic (exact) mass is 237 g/mol. The number of nitriles is 1. The van der Waals surface area contributed by atoms with Crippen molar-refractivity contribution in [1.82, 2.24) is 0 Å². The molecule has 0 radical (unpaired) electrons. The smallest absolute Gasteiger partial charge is 0.0828 e. The minimum absolute atomic E-state index is 0.359. The van der Waals surface area contributed by atoms with E-state index in [9.17, 15) is 10.4 Å². The Morgan fingerprint density at radius 3 is 2.06 bits per heavy atom. The van der Waals surface area contributed by atoms with Crippen molar-refractivity contribution >= 4 is 0 Å². The molecular formula is C15H27NO. The van der Waals surface area contributed by atoms with E-state index in [1.54, 1.807) is 0 Å². The average Bonchev–Trinajstić information content (AvgIpc) is 2.29. The van der Waals surface area contributed by atoms with Gasteiger partial charge in [-0.2, -0.15) is 5.26 Å². The maximum absolute atomic E-state index is 10.6. The molecule has 2 heteroatoms. The van der Waals surface area contributed by atoms with Crippen LogP contribution >= 0.6 is 0 Å². The van der Waals surface area contributed by atoms with Gasteiger partial charge in [0.15, 0.2) is 0 Å². The van der Waals surface area contributed by atoms with E-state index in [1.807, 2.05) is 13.8 Å². The maximum atomic E-state index is 10.6. The summed E-state index contributed by atoms with van der Waals surface area (Å²) in [6, 6.07) is 2.27. The third-order valence-electron chi connectivity index (χ3n) is 5.27. The number of nitrogens with zero attached hydrogens (tertiary/aromatic N) is 1. The van der Waals surface area contributed by atoms with E-state index in [4.69, 9.17) is 0 Å². The summed E-state index contributed by atoms with van der Waals surface area (Å²) >= 11 is 0.